The molecule has 5 rings (SSSR count). The summed E-state index contributed by atoms with van der Waals surface area (Å²) in [5, 5.41) is 4.07. The average Bonchev–Trinajstić information content (AvgIpc) is 3.42. The summed E-state index contributed by atoms with van der Waals surface area (Å²) in [5.41, 5.74) is 1.28. The number of hydrogen-bond donors (Lipinski definition) is 0. The van der Waals surface area contributed by atoms with E-state index in [1.807, 2.05) is 20.8 Å². The van der Waals surface area contributed by atoms with Gasteiger partial charge in [0.2, 0.25) is 11.7 Å². The summed E-state index contributed by atoms with van der Waals surface area (Å²) in [4.78, 5) is 24.8. The summed E-state index contributed by atoms with van der Waals surface area (Å²) in [5.74, 6) is 0.324. The van der Waals surface area contributed by atoms with E-state index in [0.29, 0.717) is 54.4 Å². The van der Waals surface area contributed by atoms with Crippen LogP contribution in [-0.4, -0.2) is 61.8 Å². The number of morpholine rings is 1. The van der Waals surface area contributed by atoms with Gasteiger partial charge in [-0.15, -0.1) is 0 Å². The van der Waals surface area contributed by atoms with Crippen molar-refractivity contribution in [2.75, 3.05) is 32.8 Å². The molecule has 0 amide bonds. The van der Waals surface area contributed by atoms with Gasteiger partial charge in [0.05, 0.1) is 24.2 Å². The minimum atomic E-state index is -0.398. The normalized spacial score (nSPS) is 15.8. The fraction of sp³-hybridized carbons (Fsp3) is 0.455. The zero-order valence-corrected chi connectivity index (χ0v) is 18.3. The summed E-state index contributed by atoms with van der Waals surface area (Å²) in [7, 11) is 0. The summed E-state index contributed by atoms with van der Waals surface area (Å²) >= 11 is 0. The number of benzene rings is 1. The number of hydrogen-bond acceptors (Lipinski definition) is 7. The largest absolute Gasteiger partial charge is 0.379 e. The maximum absolute atomic E-state index is 14.1. The van der Waals surface area contributed by atoms with E-state index in [0.717, 1.165) is 13.1 Å². The lowest BCUT2D eigenvalue weighted by atomic mass is 9.97. The molecule has 0 bridgehead atoms. The van der Waals surface area contributed by atoms with E-state index in [1.165, 1.54) is 12.1 Å². The van der Waals surface area contributed by atoms with E-state index < -0.39 is 5.82 Å². The van der Waals surface area contributed by atoms with Gasteiger partial charge in [0.1, 0.15) is 23.4 Å². The topological polar surface area (TPSA) is 90.7 Å². The molecule has 32 heavy (non-hydrogen) atoms. The minimum Gasteiger partial charge on any atom is -0.379 e. The molecule has 10 heteroatoms. The first-order valence-corrected chi connectivity index (χ1v) is 10.7. The fourth-order valence-corrected chi connectivity index (χ4v) is 3.97. The molecular weight excluding hydrogens is 415 g/mol. The Morgan fingerprint density at radius 2 is 1.91 bits per heavy atom. The molecule has 4 heterocycles. The van der Waals surface area contributed by atoms with E-state index in [2.05, 4.69) is 20.0 Å². The predicted octanol–water partition coefficient (Wildman–Crippen LogP) is 2.47. The molecular formula is C22H25FN6O3. The molecule has 1 aliphatic rings. The summed E-state index contributed by atoms with van der Waals surface area (Å²) < 4.78 is 28.2. The molecule has 0 radical (unpaired) electrons. The summed E-state index contributed by atoms with van der Waals surface area (Å²) in [6.45, 7) is 9.93. The first-order chi connectivity index (χ1) is 15.3. The highest BCUT2D eigenvalue weighted by atomic mass is 19.1. The first-order valence-electron chi connectivity index (χ1n) is 10.7. The monoisotopic (exact) mass is 440 g/mol. The highest BCUT2D eigenvalue weighted by molar-refractivity contribution is 5.83. The SMILES string of the molecule is CC(C)(C)c1nc(-c2ncn3c2c(=O)n(CCN2CCOCC2)c2cc(F)ccc23)no1. The van der Waals surface area contributed by atoms with Crippen molar-refractivity contribution in [3.8, 4) is 11.5 Å². The van der Waals surface area contributed by atoms with Gasteiger partial charge in [0.15, 0.2) is 0 Å². The first kappa shape index (κ1) is 20.8. The van der Waals surface area contributed by atoms with Crippen LogP contribution < -0.4 is 5.56 Å². The van der Waals surface area contributed by atoms with Crippen molar-refractivity contribution in [3.05, 3.63) is 46.6 Å². The maximum atomic E-state index is 14.1. The van der Waals surface area contributed by atoms with E-state index in [-0.39, 0.29) is 16.8 Å². The second-order valence-corrected chi connectivity index (χ2v) is 9.03. The number of nitrogens with zero attached hydrogens (tertiary/aromatic N) is 6. The van der Waals surface area contributed by atoms with Crippen LogP contribution in [0.3, 0.4) is 0 Å². The van der Waals surface area contributed by atoms with Crippen LogP contribution in [0, 0.1) is 5.82 Å². The molecule has 3 aromatic heterocycles. The van der Waals surface area contributed by atoms with Gasteiger partial charge < -0.3 is 13.8 Å². The second kappa shape index (κ2) is 7.79. The number of aromatic nitrogens is 5. The molecule has 0 atom stereocenters. The van der Waals surface area contributed by atoms with Crippen LogP contribution >= 0.6 is 0 Å². The van der Waals surface area contributed by atoms with Crippen LogP contribution in [-0.2, 0) is 16.7 Å². The lowest BCUT2D eigenvalue weighted by Gasteiger charge is -2.27. The van der Waals surface area contributed by atoms with E-state index >= 15 is 0 Å². The van der Waals surface area contributed by atoms with Gasteiger partial charge in [-0.1, -0.05) is 25.9 Å². The highest BCUT2D eigenvalue weighted by Gasteiger charge is 2.25. The van der Waals surface area contributed by atoms with Gasteiger partial charge in [-0.05, 0) is 18.2 Å². The Hall–Kier alpha value is -3.11. The Balaban J connectivity index is 1.66. The van der Waals surface area contributed by atoms with Crippen LogP contribution in [0.2, 0.25) is 0 Å². The number of imidazole rings is 1. The molecule has 0 unspecified atom stereocenters. The molecule has 0 aliphatic carbocycles. The Labute approximate surface area is 183 Å². The molecule has 4 aromatic rings. The maximum Gasteiger partial charge on any atom is 0.277 e. The minimum absolute atomic E-state index is 0.260. The predicted molar refractivity (Wildman–Crippen MR) is 116 cm³/mol. The van der Waals surface area contributed by atoms with Crippen molar-refractivity contribution in [1.82, 2.24) is 29.0 Å². The quantitative estimate of drug-likeness (QED) is 0.481. The highest BCUT2D eigenvalue weighted by Crippen LogP contribution is 2.26. The third-order valence-corrected chi connectivity index (χ3v) is 5.73. The van der Waals surface area contributed by atoms with Crippen LogP contribution in [0.5, 0.6) is 0 Å². The molecule has 0 spiro atoms. The zero-order chi connectivity index (χ0) is 22.5. The number of halogens is 1. The summed E-state index contributed by atoms with van der Waals surface area (Å²) in [6, 6.07) is 4.43. The van der Waals surface area contributed by atoms with Crippen LogP contribution in [0.25, 0.3) is 28.1 Å². The molecule has 1 aliphatic heterocycles. The molecule has 1 aromatic carbocycles. The second-order valence-electron chi connectivity index (χ2n) is 9.03. The fourth-order valence-electron chi connectivity index (χ4n) is 3.97. The molecule has 9 nitrogen and oxygen atoms in total. The van der Waals surface area contributed by atoms with Gasteiger partial charge in [0.25, 0.3) is 5.56 Å². The molecule has 168 valence electrons. The van der Waals surface area contributed by atoms with Gasteiger partial charge in [-0.25, -0.2) is 9.37 Å². The van der Waals surface area contributed by atoms with Crippen molar-refractivity contribution in [3.63, 3.8) is 0 Å². The number of ether oxygens (including phenoxy) is 1. The van der Waals surface area contributed by atoms with Gasteiger partial charge >= 0.3 is 0 Å². The number of fused-ring (bicyclic) bond motifs is 3. The lowest BCUT2D eigenvalue weighted by molar-refractivity contribution is 0.0364. The third-order valence-electron chi connectivity index (χ3n) is 5.73. The van der Waals surface area contributed by atoms with Crippen LogP contribution in [0.1, 0.15) is 26.7 Å². The standard InChI is InChI=1S/C22H25FN6O3/c1-22(2,3)21-25-19(26-32-21)17-18-20(30)28(7-6-27-8-10-31-11-9-27)16-12-14(23)4-5-15(16)29(18)13-24-17/h4-5,12-13H,6-11H2,1-3H3. The summed E-state index contributed by atoms with van der Waals surface area (Å²) in [6.07, 6.45) is 1.55. The van der Waals surface area contributed by atoms with Gasteiger partial charge in [0, 0.05) is 31.6 Å². The van der Waals surface area contributed by atoms with E-state index in [9.17, 15) is 9.18 Å². The Morgan fingerprint density at radius 3 is 2.62 bits per heavy atom. The third kappa shape index (κ3) is 3.59. The van der Waals surface area contributed by atoms with Crippen molar-refractivity contribution < 1.29 is 13.7 Å². The van der Waals surface area contributed by atoms with Gasteiger partial charge in [-0.3, -0.25) is 14.1 Å². The number of rotatable bonds is 4. The van der Waals surface area contributed by atoms with E-state index in [4.69, 9.17) is 9.26 Å². The van der Waals surface area contributed by atoms with Gasteiger partial charge in [-0.2, -0.15) is 4.98 Å². The zero-order valence-electron chi connectivity index (χ0n) is 18.3. The average molecular weight is 440 g/mol. The Morgan fingerprint density at radius 1 is 1.12 bits per heavy atom. The van der Waals surface area contributed by atoms with Crippen LogP contribution in [0.15, 0.2) is 33.8 Å². The van der Waals surface area contributed by atoms with Crippen molar-refractivity contribution in [2.24, 2.45) is 0 Å². The van der Waals surface area contributed by atoms with E-state index in [1.54, 1.807) is 21.4 Å². The molecule has 0 N–H and O–H groups in total. The Bertz CT molecular complexity index is 1340. The molecule has 1 fully saturated rings. The van der Waals surface area contributed by atoms with Crippen molar-refractivity contribution in [1.29, 1.82) is 0 Å². The Kier molecular flexibility index (Phi) is 5.06. The molecule has 1 saturated heterocycles. The van der Waals surface area contributed by atoms with Crippen molar-refractivity contribution in [2.45, 2.75) is 32.7 Å². The lowest BCUT2D eigenvalue weighted by Crippen LogP contribution is -2.39. The van der Waals surface area contributed by atoms with Crippen molar-refractivity contribution >= 4 is 16.6 Å². The molecule has 0 saturated carbocycles. The smallest absolute Gasteiger partial charge is 0.277 e. The van der Waals surface area contributed by atoms with Crippen LogP contribution in [0.4, 0.5) is 4.39 Å².